The third-order valence-corrected chi connectivity index (χ3v) is 2.93. The molecule has 0 spiro atoms. The van der Waals surface area contributed by atoms with Crippen LogP contribution in [0.15, 0.2) is 12.2 Å². The molecule has 0 saturated heterocycles. The fraction of sp³-hybridized carbons (Fsp3) is 0.636. The highest BCUT2D eigenvalue weighted by atomic mass is 16.4. The van der Waals surface area contributed by atoms with Crippen molar-refractivity contribution in [1.29, 1.82) is 0 Å². The summed E-state index contributed by atoms with van der Waals surface area (Å²) < 4.78 is 0. The first kappa shape index (κ1) is 11.8. The summed E-state index contributed by atoms with van der Waals surface area (Å²) in [4.78, 5) is 21.2. The van der Waals surface area contributed by atoms with Gasteiger partial charge in [-0.1, -0.05) is 18.9 Å². The van der Waals surface area contributed by atoms with Crippen LogP contribution in [0.5, 0.6) is 0 Å². The average Bonchev–Trinajstić information content (AvgIpc) is 2.17. The third kappa shape index (κ3) is 3.73. The van der Waals surface area contributed by atoms with Crippen molar-refractivity contribution in [3.63, 3.8) is 0 Å². The summed E-state index contributed by atoms with van der Waals surface area (Å²) in [6.07, 6.45) is 6.85. The van der Waals surface area contributed by atoms with Gasteiger partial charge in [-0.2, -0.15) is 0 Å². The van der Waals surface area contributed by atoms with E-state index in [1.165, 1.54) is 0 Å². The van der Waals surface area contributed by atoms with E-state index in [2.05, 4.69) is 0 Å². The second kappa shape index (κ2) is 5.53. The summed E-state index contributed by atoms with van der Waals surface area (Å²) >= 11 is 0. The van der Waals surface area contributed by atoms with E-state index in [1.807, 2.05) is 0 Å². The molecule has 2 N–H and O–H groups in total. The minimum absolute atomic E-state index is 0.104. The molecule has 0 aliphatic heterocycles. The molecule has 4 nitrogen and oxygen atoms in total. The van der Waals surface area contributed by atoms with E-state index in [1.54, 1.807) is 6.08 Å². The Labute approximate surface area is 88.6 Å². The van der Waals surface area contributed by atoms with Crippen molar-refractivity contribution in [2.75, 3.05) is 0 Å². The van der Waals surface area contributed by atoms with Gasteiger partial charge in [-0.15, -0.1) is 0 Å². The van der Waals surface area contributed by atoms with Crippen molar-refractivity contribution >= 4 is 11.9 Å². The Morgan fingerprint density at radius 2 is 1.87 bits per heavy atom. The van der Waals surface area contributed by atoms with Crippen LogP contribution in [0.4, 0.5) is 0 Å². The number of carboxylic acids is 2. The molecule has 1 aliphatic rings. The van der Waals surface area contributed by atoms with E-state index in [-0.39, 0.29) is 11.8 Å². The van der Waals surface area contributed by atoms with Gasteiger partial charge < -0.3 is 10.2 Å². The Kier molecular flexibility index (Phi) is 4.34. The number of hydrogen-bond donors (Lipinski definition) is 2. The van der Waals surface area contributed by atoms with E-state index in [9.17, 15) is 9.59 Å². The maximum Gasteiger partial charge on any atom is 0.327 e. The number of carbonyl (C=O) groups is 2. The molecule has 0 bridgehead atoms. The predicted octanol–water partition coefficient (Wildman–Crippen LogP) is 1.91. The second-order valence-electron chi connectivity index (χ2n) is 3.97. The molecule has 2 unspecified atom stereocenters. The number of hydrogen-bond acceptors (Lipinski definition) is 2. The highest BCUT2D eigenvalue weighted by Gasteiger charge is 2.29. The standard InChI is InChI=1S/C11H16O4/c12-10(13)7-3-5-8-4-1-2-6-9(8)11(14)15/h3,7-9H,1-2,4-6H2,(H,12,13)(H,14,15)/b7-3+. The van der Waals surface area contributed by atoms with Gasteiger partial charge in [0.05, 0.1) is 5.92 Å². The molecule has 1 aliphatic carbocycles. The summed E-state index contributed by atoms with van der Waals surface area (Å²) in [5.41, 5.74) is 0. The lowest BCUT2D eigenvalue weighted by molar-refractivity contribution is -0.144. The molecular formula is C11H16O4. The third-order valence-electron chi connectivity index (χ3n) is 2.93. The van der Waals surface area contributed by atoms with E-state index < -0.39 is 11.9 Å². The second-order valence-corrected chi connectivity index (χ2v) is 3.97. The van der Waals surface area contributed by atoms with Crippen molar-refractivity contribution in [2.24, 2.45) is 11.8 Å². The van der Waals surface area contributed by atoms with Crippen LogP contribution in [0.2, 0.25) is 0 Å². The first-order valence-corrected chi connectivity index (χ1v) is 5.23. The monoisotopic (exact) mass is 212 g/mol. The fourth-order valence-electron chi connectivity index (χ4n) is 2.16. The van der Waals surface area contributed by atoms with Crippen LogP contribution >= 0.6 is 0 Å². The van der Waals surface area contributed by atoms with Gasteiger partial charge in [-0.25, -0.2) is 4.79 Å². The van der Waals surface area contributed by atoms with Gasteiger partial charge in [0.15, 0.2) is 0 Å². The van der Waals surface area contributed by atoms with Crippen molar-refractivity contribution in [1.82, 2.24) is 0 Å². The quantitative estimate of drug-likeness (QED) is 0.698. The maximum absolute atomic E-state index is 10.9. The molecular weight excluding hydrogens is 196 g/mol. The Hall–Kier alpha value is -1.32. The van der Waals surface area contributed by atoms with E-state index in [0.717, 1.165) is 31.8 Å². The summed E-state index contributed by atoms with van der Waals surface area (Å²) in [6, 6.07) is 0. The predicted molar refractivity (Wildman–Crippen MR) is 54.5 cm³/mol. The normalized spacial score (nSPS) is 26.7. The molecule has 0 heterocycles. The number of carboxylic acid groups (broad SMARTS) is 2. The lowest BCUT2D eigenvalue weighted by atomic mass is 9.77. The molecule has 1 fully saturated rings. The van der Waals surface area contributed by atoms with Gasteiger partial charge in [-0.05, 0) is 25.2 Å². The van der Waals surface area contributed by atoms with Crippen molar-refractivity contribution in [3.05, 3.63) is 12.2 Å². The van der Waals surface area contributed by atoms with Gasteiger partial charge in [0.2, 0.25) is 0 Å². The molecule has 0 aromatic rings. The Balaban J connectivity index is 2.49. The van der Waals surface area contributed by atoms with Crippen molar-refractivity contribution in [2.45, 2.75) is 32.1 Å². The molecule has 0 amide bonds. The van der Waals surface area contributed by atoms with Gasteiger partial charge in [0.1, 0.15) is 0 Å². The maximum atomic E-state index is 10.9. The van der Waals surface area contributed by atoms with Gasteiger partial charge in [0, 0.05) is 6.08 Å². The largest absolute Gasteiger partial charge is 0.481 e. The highest BCUT2D eigenvalue weighted by molar-refractivity contribution is 5.79. The molecule has 0 radical (unpaired) electrons. The number of aliphatic carboxylic acids is 2. The molecule has 1 rings (SSSR count). The molecule has 15 heavy (non-hydrogen) atoms. The van der Waals surface area contributed by atoms with Crippen LogP contribution < -0.4 is 0 Å². The molecule has 0 aromatic heterocycles. The van der Waals surface area contributed by atoms with Crippen LogP contribution in [-0.4, -0.2) is 22.2 Å². The summed E-state index contributed by atoms with van der Waals surface area (Å²) in [5, 5.41) is 17.4. The van der Waals surface area contributed by atoms with Crippen molar-refractivity contribution < 1.29 is 19.8 Å². The van der Waals surface area contributed by atoms with E-state index >= 15 is 0 Å². The van der Waals surface area contributed by atoms with Crippen LogP contribution in [0.25, 0.3) is 0 Å². The van der Waals surface area contributed by atoms with Gasteiger partial charge >= 0.3 is 11.9 Å². The molecule has 1 saturated carbocycles. The van der Waals surface area contributed by atoms with Crippen LogP contribution in [-0.2, 0) is 9.59 Å². The zero-order chi connectivity index (χ0) is 11.3. The first-order valence-electron chi connectivity index (χ1n) is 5.23. The fourth-order valence-corrected chi connectivity index (χ4v) is 2.16. The number of allylic oxidation sites excluding steroid dienone is 1. The van der Waals surface area contributed by atoms with E-state index in [0.29, 0.717) is 6.42 Å². The summed E-state index contributed by atoms with van der Waals surface area (Å²) in [6.45, 7) is 0. The van der Waals surface area contributed by atoms with E-state index in [4.69, 9.17) is 10.2 Å². The minimum atomic E-state index is -0.974. The average molecular weight is 212 g/mol. The SMILES string of the molecule is O=C(O)/C=C/CC1CCCCC1C(=O)O. The topological polar surface area (TPSA) is 74.6 Å². The molecule has 4 heteroatoms. The lowest BCUT2D eigenvalue weighted by Crippen LogP contribution is -2.26. The zero-order valence-corrected chi connectivity index (χ0v) is 8.56. The first-order chi connectivity index (χ1) is 7.11. The van der Waals surface area contributed by atoms with Gasteiger partial charge in [-0.3, -0.25) is 4.79 Å². The Bertz CT molecular complexity index is 270. The van der Waals surface area contributed by atoms with Gasteiger partial charge in [0.25, 0.3) is 0 Å². The van der Waals surface area contributed by atoms with Crippen LogP contribution in [0, 0.1) is 11.8 Å². The number of rotatable bonds is 4. The smallest absolute Gasteiger partial charge is 0.327 e. The lowest BCUT2D eigenvalue weighted by Gasteiger charge is -2.27. The molecule has 0 aromatic carbocycles. The highest BCUT2D eigenvalue weighted by Crippen LogP contribution is 2.32. The zero-order valence-electron chi connectivity index (χ0n) is 8.56. The Morgan fingerprint density at radius 3 is 2.47 bits per heavy atom. The minimum Gasteiger partial charge on any atom is -0.481 e. The summed E-state index contributed by atoms with van der Waals surface area (Å²) in [5.74, 6) is -1.91. The molecule has 2 atom stereocenters. The van der Waals surface area contributed by atoms with Crippen LogP contribution in [0.3, 0.4) is 0 Å². The summed E-state index contributed by atoms with van der Waals surface area (Å²) in [7, 11) is 0. The van der Waals surface area contributed by atoms with Crippen molar-refractivity contribution in [3.8, 4) is 0 Å². The Morgan fingerprint density at radius 1 is 1.20 bits per heavy atom. The molecule has 84 valence electrons. The van der Waals surface area contributed by atoms with Crippen LogP contribution in [0.1, 0.15) is 32.1 Å².